The summed E-state index contributed by atoms with van der Waals surface area (Å²) in [6.07, 6.45) is -0.337. The highest BCUT2D eigenvalue weighted by molar-refractivity contribution is 5.22. The number of hydrogen-bond donors (Lipinski definition) is 0. The first-order valence-electron chi connectivity index (χ1n) is 4.84. The van der Waals surface area contributed by atoms with Crippen LogP contribution in [0.15, 0.2) is 24.3 Å². The van der Waals surface area contributed by atoms with Crippen LogP contribution in [0.4, 0.5) is 0 Å². The van der Waals surface area contributed by atoms with E-state index in [1.54, 1.807) is 7.05 Å². The minimum absolute atomic E-state index is 0.316. The maximum absolute atomic E-state index is 11.9. The van der Waals surface area contributed by atoms with Gasteiger partial charge in [-0.1, -0.05) is 29.8 Å². The number of hydrogen-bond acceptors (Lipinski definition) is 2. The van der Waals surface area contributed by atoms with Gasteiger partial charge in [-0.25, -0.2) is 0 Å². The summed E-state index contributed by atoms with van der Waals surface area (Å²) in [5, 5.41) is 11.9. The lowest BCUT2D eigenvalue weighted by atomic mass is 10.1. The summed E-state index contributed by atoms with van der Waals surface area (Å²) in [5.74, 6) is 0. The van der Waals surface area contributed by atoms with Gasteiger partial charge in [0.2, 0.25) is 6.23 Å². The van der Waals surface area contributed by atoms with Gasteiger partial charge in [-0.3, -0.25) is 0 Å². The van der Waals surface area contributed by atoms with Gasteiger partial charge in [0.1, 0.15) is 13.2 Å². The molecule has 1 fully saturated rings. The van der Waals surface area contributed by atoms with Crippen LogP contribution in [0.25, 0.3) is 0 Å². The molecule has 3 heteroatoms. The van der Waals surface area contributed by atoms with Gasteiger partial charge in [0.25, 0.3) is 0 Å². The van der Waals surface area contributed by atoms with Crippen LogP contribution < -0.4 is 0 Å². The second-order valence-electron chi connectivity index (χ2n) is 4.03. The summed E-state index contributed by atoms with van der Waals surface area (Å²) in [5.41, 5.74) is 2.18. The summed E-state index contributed by atoms with van der Waals surface area (Å²) in [6, 6.07) is 7.97. The lowest BCUT2D eigenvalue weighted by Crippen LogP contribution is -2.36. The predicted molar refractivity (Wildman–Crippen MR) is 54.3 cm³/mol. The van der Waals surface area contributed by atoms with Crippen molar-refractivity contribution < 1.29 is 9.38 Å². The molecule has 76 valence electrons. The van der Waals surface area contributed by atoms with Crippen molar-refractivity contribution in [2.24, 2.45) is 0 Å². The van der Waals surface area contributed by atoms with Crippen LogP contribution in [0, 0.1) is 12.1 Å². The third-order valence-corrected chi connectivity index (χ3v) is 2.67. The van der Waals surface area contributed by atoms with Crippen molar-refractivity contribution in [2.45, 2.75) is 13.2 Å². The van der Waals surface area contributed by atoms with E-state index in [4.69, 9.17) is 4.74 Å². The second kappa shape index (κ2) is 3.35. The fraction of sp³-hybridized carbons (Fsp3) is 0.455. The van der Waals surface area contributed by atoms with E-state index in [2.05, 4.69) is 0 Å². The fourth-order valence-electron chi connectivity index (χ4n) is 1.76. The molecular weight excluding hydrogens is 178 g/mol. The third kappa shape index (κ3) is 1.66. The average molecular weight is 193 g/mol. The molecular formula is C11H15NO2. The number of hydroxylamine groups is 3. The van der Waals surface area contributed by atoms with E-state index in [-0.39, 0.29) is 10.9 Å². The maximum Gasteiger partial charge on any atom is 0.219 e. The quantitative estimate of drug-likeness (QED) is 0.504. The monoisotopic (exact) mass is 193 g/mol. The minimum atomic E-state index is -0.337. The van der Waals surface area contributed by atoms with E-state index in [1.807, 2.05) is 31.2 Å². The minimum Gasteiger partial charge on any atom is -0.631 e. The molecule has 0 aliphatic carbocycles. The molecule has 2 unspecified atom stereocenters. The molecule has 1 aliphatic rings. The topological polar surface area (TPSA) is 32.3 Å². The molecule has 1 aliphatic heterocycles. The van der Waals surface area contributed by atoms with Gasteiger partial charge in [0.05, 0.1) is 7.05 Å². The molecule has 1 aromatic carbocycles. The molecule has 0 aromatic heterocycles. The predicted octanol–water partition coefficient (Wildman–Crippen LogP) is 1.97. The highest BCUT2D eigenvalue weighted by Crippen LogP contribution is 2.31. The number of ether oxygens (including phenoxy) is 1. The smallest absolute Gasteiger partial charge is 0.219 e. The first kappa shape index (κ1) is 9.65. The standard InChI is InChI=1S/C11H15NO2/c1-9-3-5-10(6-4-9)11-12(2,13)7-8-14-11/h3-6,11H,7-8H2,1-2H3. The largest absolute Gasteiger partial charge is 0.631 e. The van der Waals surface area contributed by atoms with Crippen LogP contribution in [0.5, 0.6) is 0 Å². The van der Waals surface area contributed by atoms with Crippen molar-refractivity contribution in [2.75, 3.05) is 20.2 Å². The zero-order chi connectivity index (χ0) is 10.2. The van der Waals surface area contributed by atoms with E-state index in [9.17, 15) is 5.21 Å². The van der Waals surface area contributed by atoms with Crippen LogP contribution in [0.1, 0.15) is 17.4 Å². The molecule has 0 bridgehead atoms. The van der Waals surface area contributed by atoms with Gasteiger partial charge < -0.3 is 14.6 Å². The van der Waals surface area contributed by atoms with Crippen molar-refractivity contribution in [3.8, 4) is 0 Å². The molecule has 2 rings (SSSR count). The Bertz CT molecular complexity index is 319. The second-order valence-corrected chi connectivity index (χ2v) is 4.03. The maximum atomic E-state index is 11.9. The van der Waals surface area contributed by atoms with E-state index in [0.717, 1.165) is 5.56 Å². The number of nitrogens with zero attached hydrogens (tertiary/aromatic N) is 1. The Morgan fingerprint density at radius 1 is 1.36 bits per heavy atom. The Hall–Kier alpha value is -0.900. The highest BCUT2D eigenvalue weighted by Gasteiger charge is 2.33. The number of aryl methyl sites for hydroxylation is 1. The third-order valence-electron chi connectivity index (χ3n) is 2.67. The summed E-state index contributed by atoms with van der Waals surface area (Å²) >= 11 is 0. The molecule has 0 radical (unpaired) electrons. The molecule has 1 saturated heterocycles. The highest BCUT2D eigenvalue weighted by atomic mass is 16.6. The number of likely N-dealkylation sites (N-methyl/N-ethyl adjacent to an activating group) is 1. The van der Waals surface area contributed by atoms with Crippen molar-refractivity contribution in [3.05, 3.63) is 40.6 Å². The fourth-order valence-corrected chi connectivity index (χ4v) is 1.76. The molecule has 0 amide bonds. The van der Waals surface area contributed by atoms with Gasteiger partial charge in [-0.2, -0.15) is 0 Å². The lowest BCUT2D eigenvalue weighted by molar-refractivity contribution is -0.892. The van der Waals surface area contributed by atoms with E-state index < -0.39 is 0 Å². The number of benzene rings is 1. The first-order valence-corrected chi connectivity index (χ1v) is 4.84. The Morgan fingerprint density at radius 2 is 2.00 bits per heavy atom. The Labute approximate surface area is 84.1 Å². The molecule has 2 atom stereocenters. The van der Waals surface area contributed by atoms with Gasteiger partial charge in [-0.05, 0) is 6.92 Å². The van der Waals surface area contributed by atoms with Crippen LogP contribution in [0.3, 0.4) is 0 Å². The summed E-state index contributed by atoms with van der Waals surface area (Å²) in [7, 11) is 1.66. The summed E-state index contributed by atoms with van der Waals surface area (Å²) in [4.78, 5) is 0. The van der Waals surface area contributed by atoms with Crippen molar-refractivity contribution >= 4 is 0 Å². The molecule has 0 N–H and O–H groups in total. The Balaban J connectivity index is 2.27. The molecule has 1 heterocycles. The lowest BCUT2D eigenvalue weighted by Gasteiger charge is -2.38. The molecule has 1 aromatic rings. The average Bonchev–Trinajstić information content (AvgIpc) is 2.47. The van der Waals surface area contributed by atoms with Crippen molar-refractivity contribution in [1.29, 1.82) is 0 Å². The zero-order valence-electron chi connectivity index (χ0n) is 8.56. The van der Waals surface area contributed by atoms with Gasteiger partial charge in [0.15, 0.2) is 0 Å². The van der Waals surface area contributed by atoms with Crippen molar-refractivity contribution in [1.82, 2.24) is 0 Å². The molecule has 3 nitrogen and oxygen atoms in total. The molecule has 0 saturated carbocycles. The zero-order valence-corrected chi connectivity index (χ0v) is 8.56. The molecule has 0 spiro atoms. The number of rotatable bonds is 1. The summed E-state index contributed by atoms with van der Waals surface area (Å²) < 4.78 is 5.14. The Kier molecular flexibility index (Phi) is 2.31. The number of quaternary nitrogens is 1. The van der Waals surface area contributed by atoms with Gasteiger partial charge >= 0.3 is 0 Å². The SMILES string of the molecule is Cc1ccc(C2OCC[N+]2(C)[O-])cc1. The van der Waals surface area contributed by atoms with Crippen LogP contribution >= 0.6 is 0 Å². The first-order chi connectivity index (χ1) is 6.59. The van der Waals surface area contributed by atoms with E-state index >= 15 is 0 Å². The van der Waals surface area contributed by atoms with Gasteiger partial charge in [0, 0.05) is 5.56 Å². The summed E-state index contributed by atoms with van der Waals surface area (Å²) in [6.45, 7) is 3.13. The Morgan fingerprint density at radius 3 is 2.50 bits per heavy atom. The van der Waals surface area contributed by atoms with E-state index in [0.29, 0.717) is 13.2 Å². The van der Waals surface area contributed by atoms with Crippen LogP contribution in [-0.4, -0.2) is 24.8 Å². The van der Waals surface area contributed by atoms with Gasteiger partial charge in [-0.15, -0.1) is 0 Å². The van der Waals surface area contributed by atoms with E-state index in [1.165, 1.54) is 5.56 Å². The van der Waals surface area contributed by atoms with Crippen molar-refractivity contribution in [3.63, 3.8) is 0 Å². The molecule has 14 heavy (non-hydrogen) atoms. The normalized spacial score (nSPS) is 32.1. The van der Waals surface area contributed by atoms with Crippen LogP contribution in [-0.2, 0) is 4.74 Å². The van der Waals surface area contributed by atoms with Crippen LogP contribution in [0.2, 0.25) is 0 Å².